The molecule has 0 spiro atoms. The van der Waals surface area contributed by atoms with E-state index in [-0.39, 0.29) is 42.1 Å². The van der Waals surface area contributed by atoms with E-state index in [4.69, 9.17) is 0 Å². The van der Waals surface area contributed by atoms with Crippen molar-refractivity contribution in [3.05, 3.63) is 0 Å². The molecular weight excluding hydrogens is 124 g/mol. The van der Waals surface area contributed by atoms with E-state index in [1.807, 2.05) is 6.92 Å². The first-order valence-corrected chi connectivity index (χ1v) is 2.00. The van der Waals surface area contributed by atoms with Crippen LogP contribution in [0.15, 0.2) is 0 Å². The molecule has 0 bridgehead atoms. The van der Waals surface area contributed by atoms with E-state index in [1.54, 1.807) is 0 Å². The van der Waals surface area contributed by atoms with E-state index in [9.17, 15) is 5.11 Å². The summed E-state index contributed by atoms with van der Waals surface area (Å²) >= 11 is 0. The van der Waals surface area contributed by atoms with E-state index >= 15 is 0 Å². The summed E-state index contributed by atoms with van der Waals surface area (Å²) in [4.78, 5) is 0. The SMILES string of the molecule is CCCC[O-].[Cl-].[Mg+2]. The fraction of sp³-hybridized carbons (Fsp3) is 1.00. The van der Waals surface area contributed by atoms with Gasteiger partial charge in [0.05, 0.1) is 0 Å². The standard InChI is InChI=1S/C4H9O.ClH.Mg/c1-2-3-4-5;;/h2-4H2,1H3;1H;/q-1;;+2/p-1. The van der Waals surface area contributed by atoms with Gasteiger partial charge in [0, 0.05) is 0 Å². The quantitative estimate of drug-likeness (QED) is 0.363. The van der Waals surface area contributed by atoms with Crippen molar-refractivity contribution < 1.29 is 17.5 Å². The number of unbranched alkanes of at least 4 members (excludes halogenated alkanes) is 1. The smallest absolute Gasteiger partial charge is 1.00 e. The Morgan fingerprint density at radius 3 is 1.86 bits per heavy atom. The van der Waals surface area contributed by atoms with Crippen LogP contribution in [0.4, 0.5) is 0 Å². The zero-order valence-electron chi connectivity index (χ0n) is 4.61. The van der Waals surface area contributed by atoms with Gasteiger partial charge in [0.15, 0.2) is 0 Å². The Kier molecular flexibility index (Phi) is 35.3. The molecule has 0 aliphatic rings. The van der Waals surface area contributed by atoms with Gasteiger partial charge in [0.1, 0.15) is 0 Å². The van der Waals surface area contributed by atoms with Crippen molar-refractivity contribution in [1.29, 1.82) is 0 Å². The van der Waals surface area contributed by atoms with Gasteiger partial charge in [0.2, 0.25) is 0 Å². The zero-order chi connectivity index (χ0) is 4.12. The maximum absolute atomic E-state index is 9.53. The molecule has 0 saturated carbocycles. The van der Waals surface area contributed by atoms with Crippen LogP contribution >= 0.6 is 0 Å². The van der Waals surface area contributed by atoms with Crippen LogP contribution in [-0.2, 0) is 0 Å². The molecule has 0 aromatic heterocycles. The first-order chi connectivity index (χ1) is 2.41. The van der Waals surface area contributed by atoms with Gasteiger partial charge >= 0.3 is 23.1 Å². The fourth-order valence-corrected chi connectivity index (χ4v) is 0.144. The van der Waals surface area contributed by atoms with Crippen LogP contribution < -0.4 is 17.5 Å². The first kappa shape index (κ1) is 15.7. The third-order valence-corrected chi connectivity index (χ3v) is 0.498. The van der Waals surface area contributed by atoms with Crippen molar-refractivity contribution in [1.82, 2.24) is 0 Å². The maximum Gasteiger partial charge on any atom is 2.00 e. The number of rotatable bonds is 2. The molecule has 1 nitrogen and oxygen atoms in total. The minimum absolute atomic E-state index is 0. The largest absolute Gasteiger partial charge is 2.00 e. The van der Waals surface area contributed by atoms with Crippen molar-refractivity contribution >= 4 is 23.1 Å². The van der Waals surface area contributed by atoms with E-state index in [0.29, 0.717) is 0 Å². The summed E-state index contributed by atoms with van der Waals surface area (Å²) in [5.41, 5.74) is 0. The summed E-state index contributed by atoms with van der Waals surface area (Å²) in [7, 11) is 0. The second kappa shape index (κ2) is 15.7. The number of halogens is 1. The molecule has 0 N–H and O–H groups in total. The Morgan fingerprint density at radius 1 is 1.43 bits per heavy atom. The molecule has 0 unspecified atom stereocenters. The molecule has 40 valence electrons. The van der Waals surface area contributed by atoms with Crippen molar-refractivity contribution in [2.24, 2.45) is 0 Å². The molecular formula is C4H9ClMgO. The molecule has 0 radical (unpaired) electrons. The van der Waals surface area contributed by atoms with E-state index in [0.717, 1.165) is 12.8 Å². The second-order valence-corrected chi connectivity index (χ2v) is 1.06. The Bertz CT molecular complexity index is 19.2. The monoisotopic (exact) mass is 132 g/mol. The van der Waals surface area contributed by atoms with Crippen molar-refractivity contribution in [2.45, 2.75) is 19.8 Å². The molecule has 0 rings (SSSR count). The van der Waals surface area contributed by atoms with Gasteiger partial charge in [-0.05, 0) is 0 Å². The first-order valence-electron chi connectivity index (χ1n) is 2.00. The van der Waals surface area contributed by atoms with Crippen LogP contribution in [0.25, 0.3) is 0 Å². The van der Waals surface area contributed by atoms with Gasteiger partial charge in [0.25, 0.3) is 0 Å². The number of hydrogen-bond donors (Lipinski definition) is 0. The Balaban J connectivity index is -0.0000000800. The summed E-state index contributed by atoms with van der Waals surface area (Å²) in [6.45, 7) is 2.11. The van der Waals surface area contributed by atoms with E-state index < -0.39 is 0 Å². The third kappa shape index (κ3) is 19.4. The fourth-order valence-electron chi connectivity index (χ4n) is 0.144. The molecule has 0 aromatic rings. The van der Waals surface area contributed by atoms with Gasteiger partial charge in [-0.3, -0.25) is 0 Å². The van der Waals surface area contributed by atoms with Gasteiger partial charge in [-0.25, -0.2) is 0 Å². The van der Waals surface area contributed by atoms with Crippen LogP contribution in [0.3, 0.4) is 0 Å². The molecule has 0 saturated heterocycles. The second-order valence-electron chi connectivity index (χ2n) is 1.06. The van der Waals surface area contributed by atoms with Gasteiger partial charge in [-0.2, -0.15) is 0 Å². The third-order valence-electron chi connectivity index (χ3n) is 0.498. The molecule has 0 atom stereocenters. The predicted octanol–water partition coefficient (Wildman–Crippen LogP) is -3.23. The predicted molar refractivity (Wildman–Crippen MR) is 25.5 cm³/mol. The average molecular weight is 133 g/mol. The van der Waals surface area contributed by atoms with Gasteiger partial charge in [-0.1, -0.05) is 19.8 Å². The van der Waals surface area contributed by atoms with Crippen LogP contribution in [0.2, 0.25) is 0 Å². The maximum atomic E-state index is 9.53. The summed E-state index contributed by atoms with van der Waals surface area (Å²) < 4.78 is 0. The summed E-state index contributed by atoms with van der Waals surface area (Å²) in [6.07, 6.45) is 1.86. The van der Waals surface area contributed by atoms with Crippen LogP contribution in [0.5, 0.6) is 0 Å². The van der Waals surface area contributed by atoms with Gasteiger partial charge < -0.3 is 17.5 Å². The number of hydrogen-bond acceptors (Lipinski definition) is 1. The minimum Gasteiger partial charge on any atom is -1.00 e. The van der Waals surface area contributed by atoms with Gasteiger partial charge in [-0.15, -0.1) is 6.61 Å². The van der Waals surface area contributed by atoms with Crippen molar-refractivity contribution in [2.75, 3.05) is 6.61 Å². The average Bonchev–Trinajstić information content (AvgIpc) is 1.41. The van der Waals surface area contributed by atoms with E-state index in [1.165, 1.54) is 0 Å². The minimum atomic E-state index is 0. The molecule has 0 fully saturated rings. The molecule has 0 heterocycles. The Morgan fingerprint density at radius 2 is 1.86 bits per heavy atom. The normalized spacial score (nSPS) is 6.00. The molecule has 0 aliphatic heterocycles. The van der Waals surface area contributed by atoms with Crippen LogP contribution in [-0.4, -0.2) is 29.7 Å². The summed E-state index contributed by atoms with van der Waals surface area (Å²) in [5.74, 6) is 0. The molecule has 0 amide bonds. The summed E-state index contributed by atoms with van der Waals surface area (Å²) in [5, 5.41) is 9.53. The molecule has 3 heteroatoms. The van der Waals surface area contributed by atoms with E-state index in [2.05, 4.69) is 0 Å². The van der Waals surface area contributed by atoms with Crippen LogP contribution in [0, 0.1) is 0 Å². The molecule has 0 aliphatic carbocycles. The topological polar surface area (TPSA) is 23.1 Å². The van der Waals surface area contributed by atoms with Crippen molar-refractivity contribution in [3.8, 4) is 0 Å². The molecule has 7 heavy (non-hydrogen) atoms. The van der Waals surface area contributed by atoms with Crippen molar-refractivity contribution in [3.63, 3.8) is 0 Å². The zero-order valence-corrected chi connectivity index (χ0v) is 6.78. The van der Waals surface area contributed by atoms with Crippen LogP contribution in [0.1, 0.15) is 19.8 Å². The Labute approximate surface area is 67.1 Å². The Hall–Kier alpha value is 1.02. The molecule has 0 aromatic carbocycles. The summed E-state index contributed by atoms with van der Waals surface area (Å²) in [6, 6.07) is 0.